The van der Waals surface area contributed by atoms with Gasteiger partial charge in [0.15, 0.2) is 0 Å². The zero-order valence-electron chi connectivity index (χ0n) is 11.6. The van der Waals surface area contributed by atoms with Crippen LogP contribution in [0.1, 0.15) is 6.42 Å². The van der Waals surface area contributed by atoms with Crippen LogP contribution in [0.25, 0.3) is 0 Å². The summed E-state index contributed by atoms with van der Waals surface area (Å²) in [6.07, 6.45) is -5.06. The molecule has 0 spiro atoms. The molecule has 1 aromatic rings. The largest absolute Gasteiger partial charge is 0.573 e. The summed E-state index contributed by atoms with van der Waals surface area (Å²) in [5, 5.41) is 14.7. The number of anilines is 1. The Morgan fingerprint density at radius 1 is 1.39 bits per heavy atom. The van der Waals surface area contributed by atoms with E-state index < -0.39 is 45.5 Å². The maximum atomic E-state index is 12.2. The molecular weight excluding hydrogens is 341 g/mol. The highest BCUT2D eigenvalue weighted by Gasteiger charge is 2.35. The second-order valence-electron chi connectivity index (χ2n) is 5.10. The van der Waals surface area contributed by atoms with E-state index in [1.54, 1.807) is 0 Å². The summed E-state index contributed by atoms with van der Waals surface area (Å²) >= 11 is 0. The average molecular weight is 354 g/mol. The third kappa shape index (κ3) is 4.73. The van der Waals surface area contributed by atoms with E-state index in [1.165, 1.54) is 0 Å². The van der Waals surface area contributed by atoms with Crippen molar-refractivity contribution >= 4 is 21.6 Å². The predicted octanol–water partition coefficient (Wildman–Crippen LogP) is 0.932. The lowest BCUT2D eigenvalue weighted by molar-refractivity contribution is -0.274. The van der Waals surface area contributed by atoms with Gasteiger partial charge in [0.1, 0.15) is 11.5 Å². The number of carbonyl (C=O) groups is 1. The Morgan fingerprint density at radius 2 is 2.04 bits per heavy atom. The third-order valence-corrected chi connectivity index (χ3v) is 4.08. The Kier molecular flexibility index (Phi) is 4.44. The molecule has 1 fully saturated rings. The lowest BCUT2D eigenvalue weighted by Crippen LogP contribution is -2.27. The van der Waals surface area contributed by atoms with Crippen molar-refractivity contribution in [3.05, 3.63) is 18.2 Å². The van der Waals surface area contributed by atoms with Gasteiger partial charge in [-0.05, 0) is 12.1 Å². The van der Waals surface area contributed by atoms with Gasteiger partial charge in [-0.3, -0.25) is 4.79 Å². The summed E-state index contributed by atoms with van der Waals surface area (Å²) in [5.41, 5.74) is -0.186. The molecule has 1 amide bonds. The number of hydrogen-bond acceptors (Lipinski definition) is 5. The fourth-order valence-electron chi connectivity index (χ4n) is 2.37. The number of hydrogen-bond donors (Lipinski definition) is 2. The van der Waals surface area contributed by atoms with Crippen LogP contribution in [0.15, 0.2) is 18.2 Å². The first-order valence-electron chi connectivity index (χ1n) is 6.34. The van der Waals surface area contributed by atoms with Gasteiger partial charge in [-0.15, -0.1) is 13.2 Å². The number of alkyl halides is 3. The van der Waals surface area contributed by atoms with E-state index in [-0.39, 0.29) is 18.7 Å². The fraction of sp³-hybridized carbons (Fsp3) is 0.417. The van der Waals surface area contributed by atoms with Crippen LogP contribution in [0.3, 0.4) is 0 Å². The topological polar surface area (TPSA) is 110 Å². The van der Waals surface area contributed by atoms with E-state index in [0.29, 0.717) is 0 Å². The first-order valence-corrected chi connectivity index (χ1v) is 8.06. The van der Waals surface area contributed by atoms with Gasteiger partial charge in [-0.1, -0.05) is 0 Å². The Bertz CT molecular complexity index is 720. The zero-order chi connectivity index (χ0) is 17.4. The van der Waals surface area contributed by atoms with Crippen LogP contribution in [0.4, 0.5) is 18.9 Å². The smallest absolute Gasteiger partial charge is 0.506 e. The molecule has 1 heterocycles. The minimum absolute atomic E-state index is 0.0850. The van der Waals surface area contributed by atoms with Crippen LogP contribution in [0.5, 0.6) is 11.5 Å². The molecule has 1 unspecified atom stereocenters. The van der Waals surface area contributed by atoms with E-state index in [1.807, 2.05) is 0 Å². The minimum atomic E-state index is -4.92. The molecule has 11 heteroatoms. The number of nitrogens with zero attached hydrogens (tertiary/aromatic N) is 1. The van der Waals surface area contributed by atoms with Crippen LogP contribution < -0.4 is 14.8 Å². The molecule has 3 N–H and O–H groups in total. The number of phenolic OH excluding ortho intramolecular Hbond substituents is 1. The van der Waals surface area contributed by atoms with Gasteiger partial charge in [0, 0.05) is 24.9 Å². The zero-order valence-corrected chi connectivity index (χ0v) is 12.4. The van der Waals surface area contributed by atoms with Gasteiger partial charge in [0.25, 0.3) is 0 Å². The molecular formula is C12H13F3N2O5S. The number of rotatable bonds is 4. The maximum Gasteiger partial charge on any atom is 0.573 e. The number of benzene rings is 1. The molecule has 0 aromatic heterocycles. The van der Waals surface area contributed by atoms with Crippen molar-refractivity contribution in [2.75, 3.05) is 17.2 Å². The van der Waals surface area contributed by atoms with E-state index in [2.05, 4.69) is 4.74 Å². The molecule has 0 saturated carbocycles. The average Bonchev–Trinajstić information content (AvgIpc) is 2.68. The van der Waals surface area contributed by atoms with Crippen molar-refractivity contribution in [1.82, 2.24) is 0 Å². The number of aromatic hydroxyl groups is 1. The van der Waals surface area contributed by atoms with Crippen LogP contribution >= 0.6 is 0 Å². The summed E-state index contributed by atoms with van der Waals surface area (Å²) in [4.78, 5) is 12.9. The van der Waals surface area contributed by atoms with Crippen LogP contribution in [0.2, 0.25) is 0 Å². The van der Waals surface area contributed by atoms with Gasteiger partial charge in [-0.25, -0.2) is 13.6 Å². The van der Waals surface area contributed by atoms with Gasteiger partial charge in [0.05, 0.1) is 11.4 Å². The Labute approximate surface area is 129 Å². The van der Waals surface area contributed by atoms with Crippen LogP contribution in [0, 0.1) is 5.92 Å². The molecule has 1 aliphatic rings. The predicted molar refractivity (Wildman–Crippen MR) is 73.2 cm³/mol. The van der Waals surface area contributed by atoms with E-state index >= 15 is 0 Å². The number of carbonyl (C=O) groups excluding carboxylic acids is 1. The summed E-state index contributed by atoms with van der Waals surface area (Å²) in [6, 6.07) is 2.71. The number of nitrogens with two attached hydrogens (primary N) is 1. The summed E-state index contributed by atoms with van der Waals surface area (Å²) in [6.45, 7) is -0.0850. The van der Waals surface area contributed by atoms with Gasteiger partial charge in [0.2, 0.25) is 15.9 Å². The highest BCUT2D eigenvalue weighted by molar-refractivity contribution is 7.89. The molecule has 1 aliphatic heterocycles. The summed E-state index contributed by atoms with van der Waals surface area (Å²) in [7, 11) is -3.79. The second-order valence-corrected chi connectivity index (χ2v) is 6.76. The maximum absolute atomic E-state index is 12.2. The van der Waals surface area contributed by atoms with Crippen LogP contribution in [-0.2, 0) is 14.8 Å². The van der Waals surface area contributed by atoms with E-state index in [4.69, 9.17) is 5.14 Å². The van der Waals surface area contributed by atoms with Crippen molar-refractivity contribution in [3.8, 4) is 11.5 Å². The number of phenols is 1. The van der Waals surface area contributed by atoms with Crippen molar-refractivity contribution in [3.63, 3.8) is 0 Å². The van der Waals surface area contributed by atoms with Crippen molar-refractivity contribution in [2.24, 2.45) is 11.1 Å². The Hall–Kier alpha value is -2.01. The normalized spacial score (nSPS) is 19.2. The van der Waals surface area contributed by atoms with Crippen molar-refractivity contribution in [1.29, 1.82) is 0 Å². The first-order chi connectivity index (χ1) is 10.4. The van der Waals surface area contributed by atoms with Gasteiger partial charge >= 0.3 is 6.36 Å². The van der Waals surface area contributed by atoms with E-state index in [0.717, 1.165) is 23.1 Å². The SMILES string of the molecule is NS(=O)(=O)CC1CC(=O)N(c2cc(OC(F)(F)F)ccc2O)C1. The number of ether oxygens (including phenoxy) is 1. The Morgan fingerprint density at radius 3 is 2.61 bits per heavy atom. The number of sulfonamides is 1. The monoisotopic (exact) mass is 354 g/mol. The fourth-order valence-corrected chi connectivity index (χ4v) is 3.25. The molecule has 1 aromatic carbocycles. The molecule has 1 saturated heterocycles. The van der Waals surface area contributed by atoms with E-state index in [9.17, 15) is 31.5 Å². The van der Waals surface area contributed by atoms with Crippen molar-refractivity contribution < 1.29 is 36.2 Å². The van der Waals surface area contributed by atoms with Gasteiger partial charge in [-0.2, -0.15) is 0 Å². The molecule has 0 radical (unpaired) electrons. The molecule has 1 atom stereocenters. The quantitative estimate of drug-likeness (QED) is 0.836. The standard InChI is InChI=1S/C12H13F3N2O5S/c13-12(14,15)22-8-1-2-10(18)9(4-8)17-5-7(3-11(17)19)6-23(16,20)21/h1-2,4,7,18H,3,5-6H2,(H2,16,20,21). The lowest BCUT2D eigenvalue weighted by Gasteiger charge is -2.19. The molecule has 128 valence electrons. The molecule has 2 rings (SSSR count). The molecule has 23 heavy (non-hydrogen) atoms. The number of amides is 1. The lowest BCUT2D eigenvalue weighted by atomic mass is 10.1. The minimum Gasteiger partial charge on any atom is -0.506 e. The third-order valence-electron chi connectivity index (χ3n) is 3.14. The molecule has 0 aliphatic carbocycles. The number of halogens is 3. The van der Waals surface area contributed by atoms with Crippen LogP contribution in [-0.4, -0.2) is 38.1 Å². The number of primary sulfonamides is 1. The molecule has 7 nitrogen and oxygen atoms in total. The highest BCUT2D eigenvalue weighted by Crippen LogP contribution is 2.36. The highest BCUT2D eigenvalue weighted by atomic mass is 32.2. The summed E-state index contributed by atoms with van der Waals surface area (Å²) in [5.74, 6) is -2.60. The second kappa shape index (κ2) is 5.89. The van der Waals surface area contributed by atoms with Gasteiger partial charge < -0.3 is 14.7 Å². The first kappa shape index (κ1) is 17.3. The Balaban J connectivity index is 2.24. The summed E-state index contributed by atoms with van der Waals surface area (Å²) < 4.78 is 62.6. The molecule has 0 bridgehead atoms. The van der Waals surface area contributed by atoms with Crippen molar-refractivity contribution in [2.45, 2.75) is 12.8 Å².